The van der Waals surface area contributed by atoms with Gasteiger partial charge in [-0.2, -0.15) is 0 Å². The Morgan fingerprint density at radius 1 is 1.10 bits per heavy atom. The monoisotopic (exact) mass is 390 g/mol. The summed E-state index contributed by atoms with van der Waals surface area (Å²) in [6, 6.07) is 19.9. The van der Waals surface area contributed by atoms with E-state index in [4.69, 9.17) is 4.74 Å². The van der Waals surface area contributed by atoms with Crippen LogP contribution in [0.4, 0.5) is 11.4 Å². The fourth-order valence-corrected chi connectivity index (χ4v) is 3.95. The molecule has 0 saturated heterocycles. The maximum absolute atomic E-state index is 11.0. The van der Waals surface area contributed by atoms with Crippen LogP contribution in [0.1, 0.15) is 42.0 Å². The van der Waals surface area contributed by atoms with Gasteiger partial charge in [-0.05, 0) is 48.7 Å². The van der Waals surface area contributed by atoms with Crippen molar-refractivity contribution in [2.45, 2.75) is 25.3 Å². The van der Waals surface area contributed by atoms with E-state index in [0.29, 0.717) is 13.0 Å². The summed E-state index contributed by atoms with van der Waals surface area (Å²) in [6.45, 7) is 2.53. The van der Waals surface area contributed by atoms with E-state index in [1.165, 1.54) is 12.1 Å². The van der Waals surface area contributed by atoms with Gasteiger partial charge in [-0.15, -0.1) is 0 Å². The van der Waals surface area contributed by atoms with E-state index in [1.54, 1.807) is 18.2 Å². The third kappa shape index (κ3) is 3.74. The highest BCUT2D eigenvalue weighted by molar-refractivity contribution is 5.62. The fourth-order valence-electron chi connectivity index (χ4n) is 3.95. The van der Waals surface area contributed by atoms with E-state index in [2.05, 4.69) is 5.32 Å². The molecule has 1 heterocycles. The molecule has 1 aliphatic heterocycles. The number of rotatable bonds is 5. The lowest BCUT2D eigenvalue weighted by molar-refractivity contribution is -0.384. The molecule has 0 unspecified atom stereocenters. The van der Waals surface area contributed by atoms with Crippen molar-refractivity contribution < 1.29 is 14.8 Å². The van der Waals surface area contributed by atoms with E-state index in [1.807, 2.05) is 43.3 Å². The van der Waals surface area contributed by atoms with Crippen molar-refractivity contribution in [2.75, 3.05) is 11.9 Å². The van der Waals surface area contributed by atoms with Gasteiger partial charge in [-0.25, -0.2) is 0 Å². The molecular formula is C23H22N2O4. The Hall–Kier alpha value is -3.54. The first-order valence-corrected chi connectivity index (χ1v) is 9.62. The first-order chi connectivity index (χ1) is 14.1. The highest BCUT2D eigenvalue weighted by atomic mass is 16.6. The highest BCUT2D eigenvalue weighted by Crippen LogP contribution is 2.46. The molecule has 1 aliphatic rings. The molecule has 3 aromatic carbocycles. The molecule has 0 bridgehead atoms. The van der Waals surface area contributed by atoms with Gasteiger partial charge in [0.05, 0.1) is 17.6 Å². The summed E-state index contributed by atoms with van der Waals surface area (Å²) in [7, 11) is 0. The van der Waals surface area contributed by atoms with Crippen molar-refractivity contribution >= 4 is 11.4 Å². The van der Waals surface area contributed by atoms with Gasteiger partial charge < -0.3 is 15.2 Å². The number of phenolic OH excluding ortho intramolecular Hbond substituents is 1. The smallest absolute Gasteiger partial charge is 0.269 e. The number of ether oxygens (including phenoxy) is 1. The van der Waals surface area contributed by atoms with Gasteiger partial charge in [0, 0.05) is 29.3 Å². The van der Waals surface area contributed by atoms with Crippen LogP contribution in [0.3, 0.4) is 0 Å². The average Bonchev–Trinajstić information content (AvgIpc) is 2.74. The van der Waals surface area contributed by atoms with Crippen LogP contribution in [0.2, 0.25) is 0 Å². The molecule has 29 heavy (non-hydrogen) atoms. The number of phenols is 1. The number of para-hydroxylation sites is 1. The summed E-state index contributed by atoms with van der Waals surface area (Å²) in [5, 5.41) is 25.0. The Bertz CT molecular complexity index is 1030. The van der Waals surface area contributed by atoms with Gasteiger partial charge in [-0.3, -0.25) is 10.1 Å². The van der Waals surface area contributed by atoms with Crippen LogP contribution >= 0.6 is 0 Å². The first kappa shape index (κ1) is 18.8. The molecule has 0 spiro atoms. The summed E-state index contributed by atoms with van der Waals surface area (Å²) in [4.78, 5) is 10.6. The van der Waals surface area contributed by atoms with E-state index >= 15 is 0 Å². The van der Waals surface area contributed by atoms with Crippen molar-refractivity contribution in [2.24, 2.45) is 0 Å². The molecule has 0 fully saturated rings. The van der Waals surface area contributed by atoms with Crippen molar-refractivity contribution in [3.05, 3.63) is 93.5 Å². The zero-order chi connectivity index (χ0) is 20.4. The van der Waals surface area contributed by atoms with E-state index in [0.717, 1.165) is 28.1 Å². The van der Waals surface area contributed by atoms with Gasteiger partial charge in [-0.1, -0.05) is 30.3 Å². The number of nitro groups is 1. The number of benzene rings is 3. The Balaban J connectivity index is 1.75. The minimum Gasteiger partial charge on any atom is -0.508 e. The number of nitrogens with one attached hydrogen (secondary N) is 1. The van der Waals surface area contributed by atoms with Crippen LogP contribution in [-0.4, -0.2) is 16.6 Å². The molecule has 2 atom stereocenters. The number of fused-ring (bicyclic) bond motifs is 1. The van der Waals surface area contributed by atoms with Crippen LogP contribution in [0.15, 0.2) is 66.7 Å². The maximum Gasteiger partial charge on any atom is 0.269 e. The zero-order valence-electron chi connectivity index (χ0n) is 16.0. The third-order valence-electron chi connectivity index (χ3n) is 5.33. The summed E-state index contributed by atoms with van der Waals surface area (Å²) in [5.74, 6) is 1.02. The quantitative estimate of drug-likeness (QED) is 0.451. The molecule has 0 aromatic heterocycles. The van der Waals surface area contributed by atoms with Crippen LogP contribution in [0.25, 0.3) is 0 Å². The van der Waals surface area contributed by atoms with Gasteiger partial charge in [0.2, 0.25) is 0 Å². The standard InChI is InChI=1S/C23H22N2O4/c1-2-29-17-11-12-21-20(13-17)19(18-5-3-4-6-23(18)26)14-22(24-21)15-7-9-16(10-8-15)25(27)28/h3-13,19,22,24,26H,2,14H2,1H3/t19-,22+/m1/s1. The molecule has 0 radical (unpaired) electrons. The molecule has 6 nitrogen and oxygen atoms in total. The Morgan fingerprint density at radius 3 is 2.55 bits per heavy atom. The Morgan fingerprint density at radius 2 is 1.86 bits per heavy atom. The number of nitro benzene ring substituents is 1. The van der Waals surface area contributed by atoms with E-state index in [9.17, 15) is 15.2 Å². The molecule has 0 aliphatic carbocycles. The summed E-state index contributed by atoms with van der Waals surface area (Å²) in [5.41, 5.74) is 3.93. The molecule has 6 heteroatoms. The molecular weight excluding hydrogens is 368 g/mol. The Kier molecular flexibility index (Phi) is 5.08. The van der Waals surface area contributed by atoms with Crippen molar-refractivity contribution in [3.63, 3.8) is 0 Å². The normalized spacial score (nSPS) is 17.8. The lowest BCUT2D eigenvalue weighted by atomic mass is 9.80. The summed E-state index contributed by atoms with van der Waals surface area (Å²) in [6.07, 6.45) is 0.706. The fraction of sp³-hybridized carbons (Fsp3) is 0.217. The number of aromatic hydroxyl groups is 1. The summed E-state index contributed by atoms with van der Waals surface area (Å²) < 4.78 is 5.68. The second kappa shape index (κ2) is 7.83. The maximum atomic E-state index is 11.0. The SMILES string of the molecule is CCOc1ccc2c(c1)[C@@H](c1ccccc1O)C[C@@H](c1ccc([N+](=O)[O-])cc1)N2. The summed E-state index contributed by atoms with van der Waals surface area (Å²) >= 11 is 0. The number of hydrogen-bond donors (Lipinski definition) is 2. The van der Waals surface area contributed by atoms with Gasteiger partial charge in [0.1, 0.15) is 11.5 Å². The van der Waals surface area contributed by atoms with Crippen LogP contribution in [-0.2, 0) is 0 Å². The number of nitrogens with zero attached hydrogens (tertiary/aromatic N) is 1. The second-order valence-electron chi connectivity index (χ2n) is 7.07. The number of non-ortho nitro benzene ring substituents is 1. The molecule has 0 amide bonds. The highest BCUT2D eigenvalue weighted by Gasteiger charge is 2.30. The lowest BCUT2D eigenvalue weighted by Crippen LogP contribution is -2.22. The minimum absolute atomic E-state index is 0.0342. The van der Waals surface area contributed by atoms with Crippen LogP contribution in [0.5, 0.6) is 11.5 Å². The predicted molar refractivity (Wildman–Crippen MR) is 112 cm³/mol. The lowest BCUT2D eigenvalue weighted by Gasteiger charge is -2.34. The van der Waals surface area contributed by atoms with Gasteiger partial charge >= 0.3 is 0 Å². The number of hydrogen-bond acceptors (Lipinski definition) is 5. The molecule has 4 rings (SSSR count). The van der Waals surface area contributed by atoms with Crippen molar-refractivity contribution in [3.8, 4) is 11.5 Å². The second-order valence-corrected chi connectivity index (χ2v) is 7.07. The molecule has 0 saturated carbocycles. The van der Waals surface area contributed by atoms with Crippen LogP contribution in [0, 0.1) is 10.1 Å². The topological polar surface area (TPSA) is 84.6 Å². The van der Waals surface area contributed by atoms with Crippen LogP contribution < -0.4 is 10.1 Å². The van der Waals surface area contributed by atoms with Crippen molar-refractivity contribution in [1.29, 1.82) is 0 Å². The van der Waals surface area contributed by atoms with E-state index < -0.39 is 4.92 Å². The molecule has 148 valence electrons. The van der Waals surface area contributed by atoms with Gasteiger partial charge in [0.25, 0.3) is 5.69 Å². The average molecular weight is 390 g/mol. The Labute approximate surface area is 168 Å². The zero-order valence-corrected chi connectivity index (χ0v) is 16.0. The molecule has 3 aromatic rings. The third-order valence-corrected chi connectivity index (χ3v) is 5.33. The number of anilines is 1. The minimum atomic E-state index is -0.395. The van der Waals surface area contributed by atoms with Crippen molar-refractivity contribution in [1.82, 2.24) is 0 Å². The van der Waals surface area contributed by atoms with Gasteiger partial charge in [0.15, 0.2) is 0 Å². The largest absolute Gasteiger partial charge is 0.508 e. The molecule has 2 N–H and O–H groups in total. The predicted octanol–water partition coefficient (Wildman–Crippen LogP) is 5.39. The van der Waals surface area contributed by atoms with E-state index in [-0.39, 0.29) is 23.4 Å². The first-order valence-electron chi connectivity index (χ1n) is 9.62.